The Morgan fingerprint density at radius 3 is 1.84 bits per heavy atom. The lowest BCUT2D eigenvalue weighted by Gasteiger charge is -2.33. The van der Waals surface area contributed by atoms with E-state index in [4.69, 9.17) is 23.2 Å². The van der Waals surface area contributed by atoms with Crippen molar-refractivity contribution in [2.24, 2.45) is 0 Å². The molecule has 0 aliphatic carbocycles. The molecule has 0 saturated heterocycles. The molecule has 0 unspecified atom stereocenters. The molecule has 0 aliphatic heterocycles. The summed E-state index contributed by atoms with van der Waals surface area (Å²) < 4.78 is 26.8. The van der Waals surface area contributed by atoms with Gasteiger partial charge in [-0.05, 0) is 34.4 Å². The highest BCUT2D eigenvalue weighted by Gasteiger charge is 2.33. The Labute approximate surface area is 263 Å². The van der Waals surface area contributed by atoms with Crippen molar-refractivity contribution in [2.45, 2.75) is 32.1 Å². The second-order valence-electron chi connectivity index (χ2n) is 10.2. The number of nitrogens with one attached hydrogen (secondary N) is 1. The van der Waals surface area contributed by atoms with Crippen molar-refractivity contribution in [3.8, 4) is 0 Å². The minimum atomic E-state index is -3.76. The molecule has 4 rings (SSSR count). The molecule has 0 aromatic heterocycles. The van der Waals surface area contributed by atoms with Gasteiger partial charge in [-0.2, -0.15) is 4.31 Å². The van der Waals surface area contributed by atoms with Crippen LogP contribution in [0.15, 0.2) is 109 Å². The minimum absolute atomic E-state index is 0.0230. The van der Waals surface area contributed by atoms with Crippen LogP contribution in [-0.2, 0) is 45.7 Å². The van der Waals surface area contributed by atoms with E-state index in [2.05, 4.69) is 5.32 Å². The zero-order valence-electron chi connectivity index (χ0n) is 23.7. The molecule has 0 heterocycles. The molecular weight excluding hydrogens is 605 g/mol. The quantitative estimate of drug-likeness (QED) is 0.203. The summed E-state index contributed by atoms with van der Waals surface area (Å²) in [6, 6.07) is 31.8. The molecule has 10 heteroatoms. The number of hydrogen-bond donors (Lipinski definition) is 1. The van der Waals surface area contributed by atoms with Gasteiger partial charge in [-0.1, -0.05) is 120 Å². The molecule has 0 radical (unpaired) electrons. The summed E-state index contributed by atoms with van der Waals surface area (Å²) in [6.07, 6.45) is 1.30. The number of sulfonamides is 1. The molecule has 224 valence electrons. The van der Waals surface area contributed by atoms with Crippen LogP contribution in [0.5, 0.6) is 0 Å². The SMILES string of the molecule is CS(=O)(=O)N(CC(=O)N(Cc1ccccc1)[C@@H](Cc1ccccc1)C(=O)NCc1ccc(Cl)cc1Cl)Cc1ccccc1. The van der Waals surface area contributed by atoms with Crippen LogP contribution in [0.1, 0.15) is 22.3 Å². The lowest BCUT2D eigenvalue weighted by molar-refractivity contribution is -0.141. The molecule has 1 atom stereocenters. The van der Waals surface area contributed by atoms with Gasteiger partial charge < -0.3 is 10.2 Å². The summed E-state index contributed by atoms with van der Waals surface area (Å²) in [5.41, 5.74) is 3.07. The van der Waals surface area contributed by atoms with E-state index in [-0.39, 0.29) is 26.1 Å². The zero-order chi connectivity index (χ0) is 30.8. The molecule has 43 heavy (non-hydrogen) atoms. The van der Waals surface area contributed by atoms with E-state index >= 15 is 0 Å². The molecule has 0 spiro atoms. The Balaban J connectivity index is 1.67. The van der Waals surface area contributed by atoms with Gasteiger partial charge in [0.05, 0.1) is 12.8 Å². The smallest absolute Gasteiger partial charge is 0.243 e. The third-order valence-electron chi connectivity index (χ3n) is 6.92. The van der Waals surface area contributed by atoms with E-state index in [1.165, 1.54) is 4.90 Å². The van der Waals surface area contributed by atoms with Crippen molar-refractivity contribution in [3.63, 3.8) is 0 Å². The van der Waals surface area contributed by atoms with Crippen LogP contribution < -0.4 is 5.32 Å². The second kappa shape index (κ2) is 15.2. The van der Waals surface area contributed by atoms with Crippen molar-refractivity contribution < 1.29 is 18.0 Å². The third kappa shape index (κ3) is 9.66. The highest BCUT2D eigenvalue weighted by molar-refractivity contribution is 7.88. The summed E-state index contributed by atoms with van der Waals surface area (Å²) >= 11 is 12.4. The van der Waals surface area contributed by atoms with Gasteiger partial charge in [-0.3, -0.25) is 9.59 Å². The van der Waals surface area contributed by atoms with E-state index in [0.717, 1.165) is 27.3 Å². The number of nitrogens with zero attached hydrogens (tertiary/aromatic N) is 2. The Morgan fingerprint density at radius 1 is 0.767 bits per heavy atom. The average molecular weight is 639 g/mol. The van der Waals surface area contributed by atoms with E-state index < -0.39 is 34.4 Å². The van der Waals surface area contributed by atoms with Crippen molar-refractivity contribution in [2.75, 3.05) is 12.8 Å². The summed E-state index contributed by atoms with van der Waals surface area (Å²) in [5.74, 6) is -0.890. The van der Waals surface area contributed by atoms with Crippen LogP contribution in [0, 0.1) is 0 Å². The van der Waals surface area contributed by atoms with Crippen LogP contribution in [0.4, 0.5) is 0 Å². The predicted octanol–water partition coefficient (Wildman–Crippen LogP) is 5.71. The molecular formula is C33H33Cl2N3O4S. The largest absolute Gasteiger partial charge is 0.350 e. The van der Waals surface area contributed by atoms with Gasteiger partial charge >= 0.3 is 0 Å². The number of carbonyl (C=O) groups is 2. The summed E-state index contributed by atoms with van der Waals surface area (Å²) in [7, 11) is -3.76. The lowest BCUT2D eigenvalue weighted by atomic mass is 10.0. The predicted molar refractivity (Wildman–Crippen MR) is 171 cm³/mol. The molecule has 1 N–H and O–H groups in total. The Hall–Kier alpha value is -3.69. The monoisotopic (exact) mass is 637 g/mol. The first-order valence-corrected chi connectivity index (χ1v) is 16.3. The van der Waals surface area contributed by atoms with Gasteiger partial charge in [0.1, 0.15) is 6.04 Å². The van der Waals surface area contributed by atoms with E-state index in [1.54, 1.807) is 30.3 Å². The van der Waals surface area contributed by atoms with E-state index in [9.17, 15) is 18.0 Å². The van der Waals surface area contributed by atoms with E-state index in [1.807, 2.05) is 78.9 Å². The van der Waals surface area contributed by atoms with Crippen LogP contribution in [-0.4, -0.2) is 48.3 Å². The number of amides is 2. The van der Waals surface area contributed by atoms with Crippen LogP contribution in [0.3, 0.4) is 0 Å². The van der Waals surface area contributed by atoms with Gasteiger partial charge in [0.2, 0.25) is 21.8 Å². The van der Waals surface area contributed by atoms with Crippen molar-refractivity contribution >= 4 is 45.0 Å². The molecule has 4 aromatic rings. The van der Waals surface area contributed by atoms with Crippen molar-refractivity contribution in [3.05, 3.63) is 141 Å². The first-order valence-electron chi connectivity index (χ1n) is 13.7. The topological polar surface area (TPSA) is 86.8 Å². The molecule has 0 saturated carbocycles. The number of rotatable bonds is 13. The highest BCUT2D eigenvalue weighted by Crippen LogP contribution is 2.22. The van der Waals surface area contributed by atoms with E-state index in [0.29, 0.717) is 15.6 Å². The van der Waals surface area contributed by atoms with Gasteiger partial charge in [0.15, 0.2) is 0 Å². The molecule has 0 aliphatic rings. The first kappa shape index (κ1) is 32.2. The maximum atomic E-state index is 14.1. The molecule has 0 bridgehead atoms. The van der Waals surface area contributed by atoms with Gasteiger partial charge in [0, 0.05) is 36.1 Å². The summed E-state index contributed by atoms with van der Waals surface area (Å²) in [5, 5.41) is 3.82. The number of carbonyl (C=O) groups excluding carboxylic acids is 2. The molecule has 0 fully saturated rings. The Bertz CT molecular complexity index is 1620. The Kier molecular flexibility index (Phi) is 11.4. The zero-order valence-corrected chi connectivity index (χ0v) is 26.0. The molecule has 4 aromatic carbocycles. The maximum Gasteiger partial charge on any atom is 0.243 e. The fraction of sp³-hybridized carbons (Fsp3) is 0.212. The number of benzene rings is 4. The van der Waals surface area contributed by atoms with Crippen LogP contribution in [0.25, 0.3) is 0 Å². The van der Waals surface area contributed by atoms with Crippen molar-refractivity contribution in [1.82, 2.24) is 14.5 Å². The summed E-state index contributed by atoms with van der Waals surface area (Å²) in [4.78, 5) is 29.5. The van der Waals surface area contributed by atoms with Gasteiger partial charge in [-0.25, -0.2) is 8.42 Å². The second-order valence-corrected chi connectivity index (χ2v) is 13.0. The summed E-state index contributed by atoms with van der Waals surface area (Å²) in [6.45, 7) is -0.177. The first-order chi connectivity index (χ1) is 20.6. The standard InChI is InChI=1S/C33H33Cl2N3O4S/c1-43(41,42)37(22-26-13-7-3-8-14-26)24-32(39)38(23-27-15-9-4-10-16-27)31(19-25-11-5-2-6-12-25)33(40)36-21-28-17-18-29(34)20-30(28)35/h2-18,20,31H,19,21-24H2,1H3,(H,36,40)/t31-/m0/s1. The fourth-order valence-electron chi connectivity index (χ4n) is 4.62. The molecule has 2 amide bonds. The average Bonchev–Trinajstić information content (AvgIpc) is 2.99. The normalized spacial score (nSPS) is 12.1. The third-order valence-corrected chi connectivity index (χ3v) is 8.70. The lowest BCUT2D eigenvalue weighted by Crippen LogP contribution is -2.53. The van der Waals surface area contributed by atoms with Gasteiger partial charge in [-0.15, -0.1) is 0 Å². The van der Waals surface area contributed by atoms with Crippen LogP contribution in [0.2, 0.25) is 10.0 Å². The number of hydrogen-bond acceptors (Lipinski definition) is 4. The Morgan fingerprint density at radius 2 is 1.30 bits per heavy atom. The van der Waals surface area contributed by atoms with Crippen LogP contribution >= 0.6 is 23.2 Å². The number of halogens is 2. The van der Waals surface area contributed by atoms with Crippen molar-refractivity contribution in [1.29, 1.82) is 0 Å². The van der Waals surface area contributed by atoms with Gasteiger partial charge in [0.25, 0.3) is 0 Å². The maximum absolute atomic E-state index is 14.1. The fourth-order valence-corrected chi connectivity index (χ4v) is 5.82. The minimum Gasteiger partial charge on any atom is -0.350 e. The molecule has 7 nitrogen and oxygen atoms in total. The highest BCUT2D eigenvalue weighted by atomic mass is 35.5.